The Bertz CT molecular complexity index is 443. The molecule has 0 bridgehead atoms. The maximum Gasteiger partial charge on any atom is 0.573 e. The lowest BCUT2D eigenvalue weighted by molar-refractivity contribution is -0.274. The van der Waals surface area contributed by atoms with E-state index in [0.717, 1.165) is 32.5 Å². The number of hydrogen-bond acceptors (Lipinski definition) is 3. The SMILES string of the molecule is [CH2]CCCN1CCN(c2ccccc2OC(F)(F)F)CC1. The lowest BCUT2D eigenvalue weighted by Crippen LogP contribution is -2.46. The van der Waals surface area contributed by atoms with Crippen LogP contribution in [0.1, 0.15) is 12.8 Å². The Kier molecular flexibility index (Phi) is 5.33. The number of nitrogens with zero attached hydrogens (tertiary/aromatic N) is 2. The summed E-state index contributed by atoms with van der Waals surface area (Å²) in [6.07, 6.45) is -2.71. The average molecular weight is 301 g/mol. The minimum Gasteiger partial charge on any atom is -0.404 e. The molecule has 0 amide bonds. The average Bonchev–Trinajstić information content (AvgIpc) is 2.45. The van der Waals surface area contributed by atoms with Crippen molar-refractivity contribution in [3.63, 3.8) is 0 Å². The van der Waals surface area contributed by atoms with Crippen LogP contribution >= 0.6 is 0 Å². The Balaban J connectivity index is 2.00. The van der Waals surface area contributed by atoms with E-state index in [1.165, 1.54) is 6.07 Å². The smallest absolute Gasteiger partial charge is 0.404 e. The van der Waals surface area contributed by atoms with E-state index in [0.29, 0.717) is 18.8 Å². The predicted octanol–water partition coefficient (Wildman–Crippen LogP) is 3.32. The second-order valence-electron chi connectivity index (χ2n) is 5.05. The predicted molar refractivity (Wildman–Crippen MR) is 76.4 cm³/mol. The normalized spacial score (nSPS) is 17.0. The van der Waals surface area contributed by atoms with Gasteiger partial charge in [0.25, 0.3) is 0 Å². The van der Waals surface area contributed by atoms with Gasteiger partial charge in [-0.2, -0.15) is 0 Å². The molecule has 1 heterocycles. The van der Waals surface area contributed by atoms with E-state index >= 15 is 0 Å². The molecule has 0 aliphatic carbocycles. The van der Waals surface area contributed by atoms with Gasteiger partial charge in [0.15, 0.2) is 5.75 Å². The van der Waals surface area contributed by atoms with Gasteiger partial charge in [0, 0.05) is 26.2 Å². The number of para-hydroxylation sites is 2. The first kappa shape index (κ1) is 15.9. The zero-order valence-electron chi connectivity index (χ0n) is 11.9. The molecule has 6 heteroatoms. The van der Waals surface area contributed by atoms with Gasteiger partial charge in [-0.25, -0.2) is 0 Å². The molecule has 1 aliphatic rings. The van der Waals surface area contributed by atoms with E-state index < -0.39 is 6.36 Å². The Morgan fingerprint density at radius 1 is 1.10 bits per heavy atom. The monoisotopic (exact) mass is 301 g/mol. The van der Waals surface area contributed by atoms with Crippen molar-refractivity contribution in [1.29, 1.82) is 0 Å². The molecule has 0 atom stereocenters. The van der Waals surface area contributed by atoms with Crippen molar-refractivity contribution in [2.45, 2.75) is 19.2 Å². The molecule has 1 aliphatic heterocycles. The molecule has 3 nitrogen and oxygen atoms in total. The molecule has 117 valence electrons. The molecular weight excluding hydrogens is 281 g/mol. The molecule has 0 spiro atoms. The second-order valence-corrected chi connectivity index (χ2v) is 5.05. The zero-order chi connectivity index (χ0) is 15.3. The number of anilines is 1. The number of unbranched alkanes of at least 4 members (excludes halogenated alkanes) is 1. The fraction of sp³-hybridized carbons (Fsp3) is 0.533. The number of alkyl halides is 3. The van der Waals surface area contributed by atoms with Crippen molar-refractivity contribution >= 4 is 5.69 Å². The van der Waals surface area contributed by atoms with Crippen LogP contribution in [0, 0.1) is 6.92 Å². The second kappa shape index (κ2) is 7.02. The van der Waals surface area contributed by atoms with Gasteiger partial charge in [-0.1, -0.05) is 25.5 Å². The van der Waals surface area contributed by atoms with E-state index in [1.807, 2.05) is 4.90 Å². The van der Waals surface area contributed by atoms with Crippen LogP contribution in [0.25, 0.3) is 0 Å². The number of rotatable bonds is 5. The summed E-state index contributed by atoms with van der Waals surface area (Å²) in [6, 6.07) is 6.31. The van der Waals surface area contributed by atoms with Crippen LogP contribution in [0.5, 0.6) is 5.75 Å². The molecule has 0 N–H and O–H groups in total. The topological polar surface area (TPSA) is 15.7 Å². The summed E-state index contributed by atoms with van der Waals surface area (Å²) in [5.74, 6) is -0.129. The highest BCUT2D eigenvalue weighted by Crippen LogP contribution is 2.33. The van der Waals surface area contributed by atoms with E-state index in [4.69, 9.17) is 0 Å². The molecule has 1 aromatic rings. The van der Waals surface area contributed by atoms with Crippen LogP contribution in [-0.4, -0.2) is 44.0 Å². The molecule has 2 rings (SSSR count). The van der Waals surface area contributed by atoms with Crippen LogP contribution in [0.15, 0.2) is 24.3 Å². The highest BCUT2D eigenvalue weighted by molar-refractivity contribution is 5.58. The molecule has 1 saturated heterocycles. The summed E-state index contributed by atoms with van der Waals surface area (Å²) in [5.41, 5.74) is 0.506. The fourth-order valence-electron chi connectivity index (χ4n) is 2.48. The van der Waals surface area contributed by atoms with Crippen molar-refractivity contribution in [3.8, 4) is 5.75 Å². The van der Waals surface area contributed by atoms with Crippen molar-refractivity contribution in [3.05, 3.63) is 31.2 Å². The Morgan fingerprint density at radius 3 is 2.38 bits per heavy atom. The molecule has 0 aromatic heterocycles. The first-order chi connectivity index (χ1) is 9.99. The van der Waals surface area contributed by atoms with Crippen molar-refractivity contribution in [2.24, 2.45) is 0 Å². The van der Waals surface area contributed by atoms with E-state index in [1.54, 1.807) is 18.2 Å². The summed E-state index contributed by atoms with van der Waals surface area (Å²) in [6.45, 7) is 7.92. The Morgan fingerprint density at radius 2 is 1.76 bits per heavy atom. The fourth-order valence-corrected chi connectivity index (χ4v) is 2.48. The van der Waals surface area contributed by atoms with Crippen LogP contribution in [0.2, 0.25) is 0 Å². The maximum absolute atomic E-state index is 12.4. The number of benzene rings is 1. The molecule has 1 aromatic carbocycles. The summed E-state index contributed by atoms with van der Waals surface area (Å²) in [4.78, 5) is 4.26. The Hall–Kier alpha value is -1.43. The van der Waals surface area contributed by atoms with Gasteiger partial charge in [0.05, 0.1) is 5.69 Å². The van der Waals surface area contributed by atoms with Gasteiger partial charge >= 0.3 is 6.36 Å². The minimum atomic E-state index is -4.66. The van der Waals surface area contributed by atoms with Crippen LogP contribution < -0.4 is 9.64 Å². The highest BCUT2D eigenvalue weighted by Gasteiger charge is 2.33. The van der Waals surface area contributed by atoms with Gasteiger partial charge in [-0.15, -0.1) is 13.2 Å². The summed E-state index contributed by atoms with van der Waals surface area (Å²) in [5, 5.41) is 0. The zero-order valence-corrected chi connectivity index (χ0v) is 11.9. The molecule has 0 unspecified atom stereocenters. The van der Waals surface area contributed by atoms with Crippen LogP contribution in [0.3, 0.4) is 0 Å². The van der Waals surface area contributed by atoms with E-state index in [-0.39, 0.29) is 5.75 Å². The van der Waals surface area contributed by atoms with Crippen molar-refractivity contribution < 1.29 is 17.9 Å². The largest absolute Gasteiger partial charge is 0.573 e. The van der Waals surface area contributed by atoms with Crippen LogP contribution in [0.4, 0.5) is 18.9 Å². The van der Waals surface area contributed by atoms with Gasteiger partial charge in [-0.3, -0.25) is 4.90 Å². The van der Waals surface area contributed by atoms with E-state index in [9.17, 15) is 13.2 Å². The number of hydrogen-bond donors (Lipinski definition) is 0. The first-order valence-corrected chi connectivity index (χ1v) is 7.11. The van der Waals surface area contributed by atoms with Crippen LogP contribution in [-0.2, 0) is 0 Å². The van der Waals surface area contributed by atoms with Crippen molar-refractivity contribution in [1.82, 2.24) is 4.90 Å². The summed E-state index contributed by atoms with van der Waals surface area (Å²) in [7, 11) is 0. The standard InChI is InChI=1S/C15H20F3N2O/c1-2-3-8-19-9-11-20(12-10-19)13-6-4-5-7-14(13)21-15(16,17)18/h4-7H,1-3,8-12H2. The quantitative estimate of drug-likeness (QED) is 0.830. The molecular formula is C15H20F3N2O. The van der Waals surface area contributed by atoms with Gasteiger partial charge < -0.3 is 9.64 Å². The minimum absolute atomic E-state index is 0.129. The third-order valence-corrected chi connectivity index (χ3v) is 3.53. The van der Waals surface area contributed by atoms with Gasteiger partial charge in [-0.05, 0) is 25.1 Å². The number of halogens is 3. The van der Waals surface area contributed by atoms with Gasteiger partial charge in [0.2, 0.25) is 0 Å². The number of ether oxygens (including phenoxy) is 1. The lowest BCUT2D eigenvalue weighted by atomic mass is 10.2. The Labute approximate surface area is 123 Å². The maximum atomic E-state index is 12.4. The number of piperazine rings is 1. The highest BCUT2D eigenvalue weighted by atomic mass is 19.4. The van der Waals surface area contributed by atoms with E-state index in [2.05, 4.69) is 16.6 Å². The molecule has 1 fully saturated rings. The summed E-state index contributed by atoms with van der Waals surface area (Å²) < 4.78 is 41.4. The van der Waals surface area contributed by atoms with Gasteiger partial charge in [0.1, 0.15) is 0 Å². The van der Waals surface area contributed by atoms with Crippen molar-refractivity contribution in [2.75, 3.05) is 37.6 Å². The summed E-state index contributed by atoms with van der Waals surface area (Å²) >= 11 is 0. The third kappa shape index (κ3) is 4.81. The lowest BCUT2D eigenvalue weighted by Gasteiger charge is -2.36. The molecule has 0 saturated carbocycles. The molecule has 1 radical (unpaired) electrons. The third-order valence-electron chi connectivity index (χ3n) is 3.53. The first-order valence-electron chi connectivity index (χ1n) is 7.11. The molecule has 21 heavy (non-hydrogen) atoms.